The number of urea groups is 1. The van der Waals surface area contributed by atoms with Gasteiger partial charge in [-0.15, -0.1) is 0 Å². The molecule has 1 fully saturated rings. The number of amides is 4. The summed E-state index contributed by atoms with van der Waals surface area (Å²) in [5.74, 6) is -1.69. The molecular formula is C30H22N2O6. The van der Waals surface area contributed by atoms with Crippen molar-refractivity contribution in [2.24, 2.45) is 0 Å². The number of rotatable bonds is 6. The van der Waals surface area contributed by atoms with Gasteiger partial charge in [0.15, 0.2) is 0 Å². The first-order chi connectivity index (χ1) is 18.5. The van der Waals surface area contributed by atoms with Gasteiger partial charge in [0, 0.05) is 5.56 Å². The number of benzene rings is 4. The lowest BCUT2D eigenvalue weighted by atomic mass is 9.99. The molecule has 5 rings (SSSR count). The number of imide groups is 2. The van der Waals surface area contributed by atoms with Crippen molar-refractivity contribution >= 4 is 46.4 Å². The van der Waals surface area contributed by atoms with Crippen LogP contribution in [0.25, 0.3) is 16.8 Å². The number of methoxy groups -OCH3 is 1. The molecule has 0 aliphatic carbocycles. The molecule has 4 aromatic carbocycles. The zero-order valence-corrected chi connectivity index (χ0v) is 20.3. The lowest BCUT2D eigenvalue weighted by Gasteiger charge is -2.26. The lowest BCUT2D eigenvalue weighted by Crippen LogP contribution is -2.54. The average molecular weight is 507 g/mol. The molecule has 1 N–H and O–H groups in total. The molecule has 0 radical (unpaired) electrons. The summed E-state index contributed by atoms with van der Waals surface area (Å²) in [6.45, 7) is 0.284. The highest BCUT2D eigenvalue weighted by molar-refractivity contribution is 6.39. The van der Waals surface area contributed by atoms with Crippen molar-refractivity contribution in [1.29, 1.82) is 0 Å². The van der Waals surface area contributed by atoms with Gasteiger partial charge in [-0.3, -0.25) is 14.9 Å². The van der Waals surface area contributed by atoms with E-state index in [1.165, 1.54) is 37.5 Å². The number of hydrogen-bond acceptors (Lipinski definition) is 6. The van der Waals surface area contributed by atoms with Crippen LogP contribution in [-0.4, -0.2) is 30.9 Å². The highest BCUT2D eigenvalue weighted by atomic mass is 16.5. The molecule has 0 saturated carbocycles. The summed E-state index contributed by atoms with van der Waals surface area (Å²) in [7, 11) is 1.26. The van der Waals surface area contributed by atoms with Crippen LogP contribution in [0, 0.1) is 0 Å². The van der Waals surface area contributed by atoms with Crippen LogP contribution in [0.3, 0.4) is 0 Å². The zero-order chi connectivity index (χ0) is 26.6. The Morgan fingerprint density at radius 1 is 0.868 bits per heavy atom. The van der Waals surface area contributed by atoms with Crippen molar-refractivity contribution in [3.05, 3.63) is 113 Å². The van der Waals surface area contributed by atoms with E-state index in [-0.39, 0.29) is 23.4 Å². The van der Waals surface area contributed by atoms with E-state index in [0.717, 1.165) is 21.2 Å². The maximum absolute atomic E-state index is 13.5. The quantitative estimate of drug-likeness (QED) is 0.227. The topological polar surface area (TPSA) is 102 Å². The Labute approximate surface area is 218 Å². The molecule has 188 valence electrons. The fourth-order valence-electron chi connectivity index (χ4n) is 4.19. The van der Waals surface area contributed by atoms with Crippen LogP contribution in [0.15, 0.2) is 96.6 Å². The fourth-order valence-corrected chi connectivity index (χ4v) is 4.19. The van der Waals surface area contributed by atoms with Crippen molar-refractivity contribution in [3.63, 3.8) is 0 Å². The van der Waals surface area contributed by atoms with Gasteiger partial charge in [-0.25, -0.2) is 14.5 Å². The molecule has 0 bridgehead atoms. The number of esters is 1. The predicted molar refractivity (Wildman–Crippen MR) is 142 cm³/mol. The Balaban J connectivity index is 1.55. The Morgan fingerprint density at radius 2 is 1.58 bits per heavy atom. The molecule has 1 aliphatic heterocycles. The monoisotopic (exact) mass is 506 g/mol. The van der Waals surface area contributed by atoms with E-state index in [9.17, 15) is 19.2 Å². The van der Waals surface area contributed by atoms with Crippen LogP contribution in [0.1, 0.15) is 21.5 Å². The standard InChI is InChI=1S/C30H22N2O6/c1-37-29(35)21-11-14-22(15-12-21)32-28(34)25(27(33)31-30(32)36)17-24-23-10-6-5-9-20(23)13-16-26(24)38-18-19-7-3-2-4-8-19/h2-17H,18H2,1H3,(H,31,33,36)/b25-17+. The second-order valence-electron chi connectivity index (χ2n) is 8.47. The summed E-state index contributed by atoms with van der Waals surface area (Å²) in [6, 6.07) is 25.7. The largest absolute Gasteiger partial charge is 0.488 e. The number of nitrogens with one attached hydrogen (secondary N) is 1. The van der Waals surface area contributed by atoms with E-state index < -0.39 is 23.8 Å². The zero-order valence-electron chi connectivity index (χ0n) is 20.3. The van der Waals surface area contributed by atoms with Gasteiger partial charge in [0.2, 0.25) is 0 Å². The number of fused-ring (bicyclic) bond motifs is 1. The number of ether oxygens (including phenoxy) is 2. The third-order valence-corrected chi connectivity index (χ3v) is 6.10. The van der Waals surface area contributed by atoms with E-state index in [1.807, 2.05) is 60.7 Å². The van der Waals surface area contributed by atoms with Crippen LogP contribution in [0.5, 0.6) is 5.75 Å². The molecular weight excluding hydrogens is 484 g/mol. The third-order valence-electron chi connectivity index (χ3n) is 6.10. The fraction of sp³-hybridized carbons (Fsp3) is 0.0667. The minimum atomic E-state index is -0.888. The number of hydrogen-bond donors (Lipinski definition) is 1. The number of carbonyl (C=O) groups excluding carboxylic acids is 4. The molecule has 4 amide bonds. The maximum atomic E-state index is 13.5. The first kappa shape index (κ1) is 24.5. The molecule has 1 saturated heterocycles. The Bertz CT molecular complexity index is 1590. The van der Waals surface area contributed by atoms with Gasteiger partial charge >= 0.3 is 12.0 Å². The van der Waals surface area contributed by atoms with Gasteiger partial charge in [0.05, 0.1) is 18.4 Å². The van der Waals surface area contributed by atoms with Crippen LogP contribution in [0.4, 0.5) is 10.5 Å². The predicted octanol–water partition coefficient (Wildman–Crippen LogP) is 4.87. The third kappa shape index (κ3) is 4.75. The van der Waals surface area contributed by atoms with Gasteiger partial charge in [0.25, 0.3) is 11.8 Å². The van der Waals surface area contributed by atoms with E-state index in [4.69, 9.17) is 9.47 Å². The van der Waals surface area contributed by atoms with Gasteiger partial charge in [-0.1, -0.05) is 60.7 Å². The highest BCUT2D eigenvalue weighted by Gasteiger charge is 2.37. The summed E-state index contributed by atoms with van der Waals surface area (Å²) >= 11 is 0. The van der Waals surface area contributed by atoms with Crippen molar-refractivity contribution in [3.8, 4) is 5.75 Å². The lowest BCUT2D eigenvalue weighted by molar-refractivity contribution is -0.122. The van der Waals surface area contributed by atoms with Crippen molar-refractivity contribution in [1.82, 2.24) is 5.32 Å². The van der Waals surface area contributed by atoms with Crippen LogP contribution < -0.4 is 15.0 Å². The van der Waals surface area contributed by atoms with E-state index in [2.05, 4.69) is 5.32 Å². The smallest absolute Gasteiger partial charge is 0.337 e. The molecule has 0 spiro atoms. The minimum Gasteiger partial charge on any atom is -0.488 e. The van der Waals surface area contributed by atoms with Crippen LogP contribution >= 0.6 is 0 Å². The SMILES string of the molecule is COC(=O)c1ccc(N2C(=O)NC(=O)/C(=C\c3c(OCc4ccccc4)ccc4ccccc34)C2=O)cc1. The molecule has 8 heteroatoms. The highest BCUT2D eigenvalue weighted by Crippen LogP contribution is 2.32. The maximum Gasteiger partial charge on any atom is 0.337 e. The number of anilines is 1. The van der Waals surface area contributed by atoms with Crippen molar-refractivity contribution in [2.45, 2.75) is 6.61 Å². The first-order valence-corrected chi connectivity index (χ1v) is 11.7. The number of nitrogens with zero attached hydrogens (tertiary/aromatic N) is 1. The second kappa shape index (κ2) is 10.4. The van der Waals surface area contributed by atoms with Crippen molar-refractivity contribution in [2.75, 3.05) is 12.0 Å². The van der Waals surface area contributed by atoms with Crippen LogP contribution in [-0.2, 0) is 20.9 Å². The van der Waals surface area contributed by atoms with E-state index in [1.54, 1.807) is 6.07 Å². The van der Waals surface area contributed by atoms with Gasteiger partial charge in [-0.2, -0.15) is 0 Å². The first-order valence-electron chi connectivity index (χ1n) is 11.7. The Kier molecular flexibility index (Phi) is 6.69. The number of carbonyl (C=O) groups is 4. The Hall–Kier alpha value is -5.24. The van der Waals surface area contributed by atoms with Crippen molar-refractivity contribution < 1.29 is 28.7 Å². The van der Waals surface area contributed by atoms with Gasteiger partial charge in [-0.05, 0) is 52.7 Å². The molecule has 1 aliphatic rings. The number of barbiturate groups is 1. The summed E-state index contributed by atoms with van der Waals surface area (Å²) in [6.07, 6.45) is 1.45. The molecule has 8 nitrogen and oxygen atoms in total. The summed E-state index contributed by atoms with van der Waals surface area (Å²) in [5, 5.41) is 3.89. The summed E-state index contributed by atoms with van der Waals surface area (Å²) in [5.41, 5.74) is 1.70. The normalized spacial score (nSPS) is 14.5. The average Bonchev–Trinajstić information content (AvgIpc) is 2.94. The molecule has 0 aromatic heterocycles. The minimum absolute atomic E-state index is 0.192. The Morgan fingerprint density at radius 3 is 2.32 bits per heavy atom. The molecule has 4 aromatic rings. The molecule has 38 heavy (non-hydrogen) atoms. The van der Waals surface area contributed by atoms with Gasteiger partial charge < -0.3 is 9.47 Å². The second-order valence-corrected chi connectivity index (χ2v) is 8.47. The van der Waals surface area contributed by atoms with Crippen LogP contribution in [0.2, 0.25) is 0 Å². The van der Waals surface area contributed by atoms with E-state index in [0.29, 0.717) is 11.3 Å². The molecule has 1 heterocycles. The summed E-state index contributed by atoms with van der Waals surface area (Å²) in [4.78, 5) is 51.6. The van der Waals surface area contributed by atoms with Gasteiger partial charge in [0.1, 0.15) is 17.9 Å². The summed E-state index contributed by atoms with van der Waals surface area (Å²) < 4.78 is 10.8. The molecule has 0 atom stereocenters. The molecule has 0 unspecified atom stereocenters. The van der Waals surface area contributed by atoms with E-state index >= 15 is 0 Å².